The molecule has 2 aromatic heterocycles. The van der Waals surface area contributed by atoms with Crippen LogP contribution in [-0.2, 0) is 16.1 Å². The monoisotopic (exact) mass is 486 g/mol. The molecule has 3 heterocycles. The minimum absolute atomic E-state index is 0.0162. The van der Waals surface area contributed by atoms with Crippen molar-refractivity contribution >= 4 is 57.6 Å². The second-order valence-corrected chi connectivity index (χ2v) is 9.16. The van der Waals surface area contributed by atoms with Gasteiger partial charge in [-0.1, -0.05) is 29.3 Å². The van der Waals surface area contributed by atoms with Crippen LogP contribution >= 0.6 is 23.2 Å². The van der Waals surface area contributed by atoms with E-state index in [2.05, 4.69) is 15.4 Å². The molecule has 1 saturated heterocycles. The molecular formula is C22H20Cl2N6O3. The van der Waals surface area contributed by atoms with Crippen molar-refractivity contribution in [3.63, 3.8) is 0 Å². The smallest absolute Gasteiger partial charge is 0.269 e. The summed E-state index contributed by atoms with van der Waals surface area (Å²) < 4.78 is 1.44. The van der Waals surface area contributed by atoms with E-state index in [1.54, 1.807) is 41.3 Å². The molecule has 5 rings (SSSR count). The zero-order chi connectivity index (χ0) is 23.3. The fourth-order valence-electron chi connectivity index (χ4n) is 5.03. The summed E-state index contributed by atoms with van der Waals surface area (Å²) in [6.07, 6.45) is 2.50. The summed E-state index contributed by atoms with van der Waals surface area (Å²) in [7, 11) is 0. The number of aromatic nitrogens is 3. The maximum atomic E-state index is 13.4. The van der Waals surface area contributed by atoms with Gasteiger partial charge in [-0.25, -0.2) is 4.98 Å². The molecule has 1 aliphatic carbocycles. The predicted molar refractivity (Wildman–Crippen MR) is 123 cm³/mol. The topological polar surface area (TPSA) is 123 Å². The van der Waals surface area contributed by atoms with Crippen LogP contribution in [0.15, 0.2) is 36.4 Å². The van der Waals surface area contributed by atoms with Crippen molar-refractivity contribution in [3.05, 3.63) is 52.3 Å². The molecule has 1 saturated carbocycles. The van der Waals surface area contributed by atoms with Gasteiger partial charge >= 0.3 is 0 Å². The zero-order valence-corrected chi connectivity index (χ0v) is 18.9. The number of hydrogen-bond acceptors (Lipinski definition) is 5. The number of nitrogens with two attached hydrogens (primary N) is 1. The molecule has 3 N–H and O–H groups in total. The van der Waals surface area contributed by atoms with Crippen LogP contribution in [-0.4, -0.2) is 49.5 Å². The lowest BCUT2D eigenvalue weighted by atomic mass is 9.97. The number of benzene rings is 1. The number of likely N-dealkylation sites (tertiary alicyclic amines) is 1. The van der Waals surface area contributed by atoms with Gasteiger partial charge in [0.1, 0.15) is 23.6 Å². The maximum Gasteiger partial charge on any atom is 0.269 e. The number of fused-ring (bicyclic) bond motifs is 3. The minimum Gasteiger partial charge on any atom is -0.364 e. The average molecular weight is 487 g/mol. The van der Waals surface area contributed by atoms with E-state index in [-0.39, 0.29) is 41.2 Å². The quantitative estimate of drug-likeness (QED) is 0.536. The van der Waals surface area contributed by atoms with Gasteiger partial charge in [0, 0.05) is 16.5 Å². The van der Waals surface area contributed by atoms with Crippen LogP contribution < -0.4 is 11.1 Å². The molecule has 2 aliphatic rings. The van der Waals surface area contributed by atoms with Crippen molar-refractivity contribution in [2.45, 2.75) is 37.9 Å². The number of halogens is 2. The maximum absolute atomic E-state index is 13.4. The first-order valence-corrected chi connectivity index (χ1v) is 11.3. The van der Waals surface area contributed by atoms with E-state index < -0.39 is 11.9 Å². The number of piperidine rings is 1. The van der Waals surface area contributed by atoms with Crippen LogP contribution in [0.25, 0.3) is 10.9 Å². The van der Waals surface area contributed by atoms with Crippen LogP contribution in [0.4, 0.5) is 5.82 Å². The first-order chi connectivity index (χ1) is 15.8. The molecule has 3 atom stereocenters. The third kappa shape index (κ3) is 3.91. The van der Waals surface area contributed by atoms with E-state index in [1.807, 2.05) is 0 Å². The highest BCUT2D eigenvalue weighted by molar-refractivity contribution is 6.31. The number of nitrogens with one attached hydrogen (secondary N) is 1. The lowest BCUT2D eigenvalue weighted by Gasteiger charge is -2.34. The Labute approximate surface area is 198 Å². The van der Waals surface area contributed by atoms with Crippen molar-refractivity contribution in [3.8, 4) is 0 Å². The van der Waals surface area contributed by atoms with Crippen LogP contribution in [0.2, 0.25) is 10.2 Å². The highest BCUT2D eigenvalue weighted by Gasteiger charge is 2.51. The molecule has 2 fully saturated rings. The fraction of sp³-hybridized carbons (Fsp3) is 0.318. The summed E-state index contributed by atoms with van der Waals surface area (Å²) >= 11 is 12.0. The Bertz CT molecular complexity index is 1290. The Balaban J connectivity index is 1.42. The van der Waals surface area contributed by atoms with Crippen LogP contribution in [0, 0.1) is 5.92 Å². The second-order valence-electron chi connectivity index (χ2n) is 8.34. The summed E-state index contributed by atoms with van der Waals surface area (Å²) in [5, 5.41) is 8.22. The van der Waals surface area contributed by atoms with E-state index in [9.17, 15) is 14.4 Å². The van der Waals surface area contributed by atoms with Crippen molar-refractivity contribution in [1.29, 1.82) is 0 Å². The molecule has 33 heavy (non-hydrogen) atoms. The fourth-order valence-corrected chi connectivity index (χ4v) is 5.36. The summed E-state index contributed by atoms with van der Waals surface area (Å²) in [4.78, 5) is 44.2. The van der Waals surface area contributed by atoms with Gasteiger partial charge in [-0.3, -0.25) is 19.1 Å². The highest BCUT2D eigenvalue weighted by atomic mass is 35.5. The number of amides is 3. The highest BCUT2D eigenvalue weighted by Crippen LogP contribution is 2.43. The van der Waals surface area contributed by atoms with E-state index in [0.29, 0.717) is 21.7 Å². The SMILES string of the molecule is NC(=O)c1nn(CC(=O)N2C(C(=O)Nc3cccc(Cl)n3)[C@@H]3CC[C@H]2C3)c2ccc(Cl)cc12. The molecule has 1 aliphatic heterocycles. The third-order valence-electron chi connectivity index (χ3n) is 6.34. The van der Waals surface area contributed by atoms with Gasteiger partial charge in [0.15, 0.2) is 5.69 Å². The number of pyridine rings is 1. The summed E-state index contributed by atoms with van der Waals surface area (Å²) in [5.74, 6) is -0.840. The largest absolute Gasteiger partial charge is 0.364 e. The van der Waals surface area contributed by atoms with Gasteiger partial charge < -0.3 is 16.0 Å². The molecule has 3 amide bonds. The number of carbonyl (C=O) groups excluding carboxylic acids is 3. The van der Waals surface area contributed by atoms with Crippen molar-refractivity contribution in [2.24, 2.45) is 11.7 Å². The van der Waals surface area contributed by atoms with E-state index in [1.165, 1.54) is 4.68 Å². The average Bonchev–Trinajstić information content (AvgIpc) is 3.46. The Morgan fingerprint density at radius 1 is 1.15 bits per heavy atom. The van der Waals surface area contributed by atoms with Gasteiger partial charge in [-0.15, -0.1) is 0 Å². The van der Waals surface area contributed by atoms with Crippen LogP contribution in [0.1, 0.15) is 29.8 Å². The van der Waals surface area contributed by atoms with Gasteiger partial charge in [-0.2, -0.15) is 5.10 Å². The molecule has 2 bridgehead atoms. The van der Waals surface area contributed by atoms with Gasteiger partial charge in [0.2, 0.25) is 11.8 Å². The number of nitrogens with zero attached hydrogens (tertiary/aromatic N) is 4. The van der Waals surface area contributed by atoms with Gasteiger partial charge in [-0.05, 0) is 55.5 Å². The van der Waals surface area contributed by atoms with E-state index in [0.717, 1.165) is 19.3 Å². The Morgan fingerprint density at radius 2 is 1.97 bits per heavy atom. The molecular weight excluding hydrogens is 467 g/mol. The van der Waals surface area contributed by atoms with Crippen molar-refractivity contribution in [1.82, 2.24) is 19.7 Å². The standard InChI is InChI=1S/C22H20Cl2N6O3/c23-12-5-7-15-14(9-12)19(21(25)32)28-29(15)10-18(31)30-13-6-4-11(8-13)20(30)22(33)27-17-3-1-2-16(24)26-17/h1-3,5,7,9,11,13,20H,4,6,8,10H2,(H2,25,32)(H,26,27,33)/t11-,13+,20?/m1/s1. The second kappa shape index (κ2) is 8.31. The minimum atomic E-state index is -0.708. The van der Waals surface area contributed by atoms with E-state index in [4.69, 9.17) is 28.9 Å². The zero-order valence-electron chi connectivity index (χ0n) is 17.4. The molecule has 170 valence electrons. The van der Waals surface area contributed by atoms with Crippen LogP contribution in [0.3, 0.4) is 0 Å². The van der Waals surface area contributed by atoms with Crippen LogP contribution in [0.5, 0.6) is 0 Å². The molecule has 9 nitrogen and oxygen atoms in total. The molecule has 1 unspecified atom stereocenters. The Kier molecular flexibility index (Phi) is 5.46. The van der Waals surface area contributed by atoms with Crippen molar-refractivity contribution < 1.29 is 14.4 Å². The van der Waals surface area contributed by atoms with Gasteiger partial charge in [0.05, 0.1) is 5.52 Å². The summed E-state index contributed by atoms with van der Waals surface area (Å²) in [5.41, 5.74) is 6.08. The lowest BCUT2D eigenvalue weighted by molar-refractivity contribution is -0.141. The Morgan fingerprint density at radius 3 is 2.73 bits per heavy atom. The number of primary amides is 1. The third-order valence-corrected chi connectivity index (χ3v) is 6.78. The molecule has 1 aromatic carbocycles. The summed E-state index contributed by atoms with van der Waals surface area (Å²) in [6.45, 7) is -0.131. The van der Waals surface area contributed by atoms with E-state index >= 15 is 0 Å². The van der Waals surface area contributed by atoms with Crippen molar-refractivity contribution in [2.75, 3.05) is 5.32 Å². The number of anilines is 1. The molecule has 11 heteroatoms. The molecule has 0 spiro atoms. The van der Waals surface area contributed by atoms with Gasteiger partial charge in [0.25, 0.3) is 5.91 Å². The number of rotatable bonds is 5. The first-order valence-electron chi connectivity index (χ1n) is 10.5. The first kappa shape index (κ1) is 21.7. The number of hydrogen-bond donors (Lipinski definition) is 2. The Hall–Kier alpha value is -3.17. The lowest BCUT2D eigenvalue weighted by Crippen LogP contribution is -2.52. The number of carbonyl (C=O) groups is 3. The molecule has 3 aromatic rings. The predicted octanol–water partition coefficient (Wildman–Crippen LogP) is 2.86. The normalized spacial score (nSPS) is 21.5. The molecule has 0 radical (unpaired) electrons. The summed E-state index contributed by atoms with van der Waals surface area (Å²) in [6, 6.07) is 9.28.